The molecule has 2 aliphatic heterocycles. The average Bonchev–Trinajstić information content (AvgIpc) is 3.21. The maximum Gasteiger partial charge on any atom is 0.220 e. The van der Waals surface area contributed by atoms with Crippen LogP contribution >= 0.6 is 24.0 Å². The van der Waals surface area contributed by atoms with Crippen LogP contribution in [0, 0.1) is 5.92 Å². The molecule has 0 bridgehead atoms. The minimum absolute atomic E-state index is 0. The lowest BCUT2D eigenvalue weighted by Gasteiger charge is -2.37. The van der Waals surface area contributed by atoms with Gasteiger partial charge in [-0.25, -0.2) is 8.42 Å². The summed E-state index contributed by atoms with van der Waals surface area (Å²) in [7, 11) is -1.60. The molecule has 0 radical (unpaired) electrons. The lowest BCUT2D eigenvalue weighted by molar-refractivity contribution is 0.182. The number of aliphatic imine (C=N–C) groups is 1. The van der Waals surface area contributed by atoms with E-state index in [9.17, 15) is 8.42 Å². The van der Waals surface area contributed by atoms with Crippen molar-refractivity contribution in [1.29, 1.82) is 0 Å². The Labute approximate surface area is 190 Å². The molecule has 0 aliphatic carbocycles. The molecule has 0 amide bonds. The lowest BCUT2D eigenvalue weighted by Crippen LogP contribution is -2.54. The van der Waals surface area contributed by atoms with Crippen molar-refractivity contribution >= 4 is 40.0 Å². The topological polar surface area (TPSA) is 94.3 Å². The highest BCUT2D eigenvalue weighted by Crippen LogP contribution is 2.16. The van der Waals surface area contributed by atoms with Gasteiger partial charge in [0, 0.05) is 52.4 Å². The van der Waals surface area contributed by atoms with Crippen LogP contribution in [0.1, 0.15) is 25.5 Å². The van der Waals surface area contributed by atoms with Crippen molar-refractivity contribution in [2.24, 2.45) is 10.9 Å². The Morgan fingerprint density at radius 3 is 2.69 bits per heavy atom. The van der Waals surface area contributed by atoms with E-state index in [0.29, 0.717) is 37.8 Å². The van der Waals surface area contributed by atoms with Crippen LogP contribution in [0.2, 0.25) is 0 Å². The first-order valence-corrected chi connectivity index (χ1v) is 11.7. The summed E-state index contributed by atoms with van der Waals surface area (Å²) < 4.78 is 31.4. The van der Waals surface area contributed by atoms with Crippen LogP contribution in [0.15, 0.2) is 21.8 Å². The Balaban J connectivity index is 0.00000300. The molecule has 1 aromatic rings. The van der Waals surface area contributed by atoms with Gasteiger partial charge in [-0.15, -0.1) is 24.0 Å². The number of nitrogens with zero attached hydrogens (tertiary/aromatic N) is 5. The fourth-order valence-corrected chi connectivity index (χ4v) is 5.37. The summed E-state index contributed by atoms with van der Waals surface area (Å²) in [6.45, 7) is 8.73. The minimum Gasteiger partial charge on any atom is -0.364 e. The summed E-state index contributed by atoms with van der Waals surface area (Å²) >= 11 is 0. The molecule has 1 N–H and O–H groups in total. The van der Waals surface area contributed by atoms with Crippen molar-refractivity contribution in [2.75, 3.05) is 59.4 Å². The Bertz CT molecular complexity index is 735. The number of piperidine rings is 1. The standard InChI is InChI=1S/C18H32N6O3S.HI/c1-3-22-7-4-5-16(14-22)13-20-18(19-2)23-8-10-24(11-9-23)28(25,26)15-17-6-12-27-21-17;/h6,12,16H,3-5,7-11,13-15H2,1-2H3,(H,19,20);1H. The van der Waals surface area contributed by atoms with Gasteiger partial charge < -0.3 is 19.6 Å². The summed E-state index contributed by atoms with van der Waals surface area (Å²) in [5.41, 5.74) is 0.438. The van der Waals surface area contributed by atoms with E-state index in [1.165, 1.54) is 30.0 Å². The number of hydrogen-bond acceptors (Lipinski definition) is 6. The number of halogens is 1. The predicted octanol–water partition coefficient (Wildman–Crippen LogP) is 1.05. The number of aromatic nitrogens is 1. The zero-order valence-electron chi connectivity index (χ0n) is 17.3. The molecule has 2 aliphatic rings. The van der Waals surface area contributed by atoms with Crippen molar-refractivity contribution in [3.05, 3.63) is 18.0 Å². The summed E-state index contributed by atoms with van der Waals surface area (Å²) in [5.74, 6) is 1.38. The Kier molecular flexibility index (Phi) is 9.63. The second-order valence-electron chi connectivity index (χ2n) is 7.46. The van der Waals surface area contributed by atoms with Crippen LogP contribution in [-0.4, -0.2) is 93.0 Å². The van der Waals surface area contributed by atoms with Gasteiger partial charge in [0.25, 0.3) is 0 Å². The van der Waals surface area contributed by atoms with Crippen molar-refractivity contribution in [2.45, 2.75) is 25.5 Å². The second-order valence-corrected chi connectivity index (χ2v) is 9.43. The SMILES string of the molecule is CCN1CCCC(CNC(=NC)N2CCN(S(=O)(=O)Cc3ccon3)CC2)C1.I. The van der Waals surface area contributed by atoms with Gasteiger partial charge in [-0.2, -0.15) is 4.31 Å². The molecule has 3 heterocycles. The maximum atomic E-state index is 12.6. The molecule has 11 heteroatoms. The Hall–Kier alpha value is -0.920. The first-order chi connectivity index (χ1) is 13.5. The van der Waals surface area contributed by atoms with Crippen LogP contribution in [0.3, 0.4) is 0 Å². The van der Waals surface area contributed by atoms with Crippen molar-refractivity contribution in [3.8, 4) is 0 Å². The van der Waals surface area contributed by atoms with Gasteiger partial charge in [0.05, 0.1) is 5.69 Å². The van der Waals surface area contributed by atoms with Crippen LogP contribution < -0.4 is 5.32 Å². The highest BCUT2D eigenvalue weighted by Gasteiger charge is 2.29. The molecule has 1 aromatic heterocycles. The summed E-state index contributed by atoms with van der Waals surface area (Å²) in [4.78, 5) is 9.05. The van der Waals surface area contributed by atoms with Gasteiger partial charge in [-0.3, -0.25) is 4.99 Å². The quantitative estimate of drug-likeness (QED) is 0.328. The Morgan fingerprint density at radius 2 is 2.07 bits per heavy atom. The zero-order chi connectivity index (χ0) is 20.0. The highest BCUT2D eigenvalue weighted by molar-refractivity contribution is 14.0. The van der Waals surface area contributed by atoms with E-state index in [1.54, 1.807) is 13.1 Å². The normalized spacial score (nSPS) is 22.3. The molecular formula is C18H33IN6O3S. The molecule has 3 rings (SSSR count). The Morgan fingerprint density at radius 1 is 1.31 bits per heavy atom. The van der Waals surface area contributed by atoms with E-state index >= 15 is 0 Å². The number of sulfonamides is 1. The van der Waals surface area contributed by atoms with Gasteiger partial charge >= 0.3 is 0 Å². The minimum atomic E-state index is -3.38. The smallest absolute Gasteiger partial charge is 0.220 e. The predicted molar refractivity (Wildman–Crippen MR) is 124 cm³/mol. The van der Waals surface area contributed by atoms with Gasteiger partial charge in [0.1, 0.15) is 12.0 Å². The third-order valence-electron chi connectivity index (χ3n) is 5.56. The first kappa shape index (κ1) is 24.4. The molecule has 9 nitrogen and oxygen atoms in total. The molecule has 1 atom stereocenters. The monoisotopic (exact) mass is 540 g/mol. The van der Waals surface area contributed by atoms with Crippen LogP contribution in [0.5, 0.6) is 0 Å². The van der Waals surface area contributed by atoms with E-state index in [0.717, 1.165) is 25.6 Å². The zero-order valence-corrected chi connectivity index (χ0v) is 20.4. The van der Waals surface area contributed by atoms with Crippen LogP contribution in [0.25, 0.3) is 0 Å². The largest absolute Gasteiger partial charge is 0.364 e. The van der Waals surface area contributed by atoms with Crippen molar-refractivity contribution in [1.82, 2.24) is 24.6 Å². The molecule has 166 valence electrons. The molecule has 2 fully saturated rings. The summed E-state index contributed by atoms with van der Waals surface area (Å²) in [6.07, 6.45) is 3.89. The molecule has 29 heavy (non-hydrogen) atoms. The highest BCUT2D eigenvalue weighted by atomic mass is 127. The van der Waals surface area contributed by atoms with Crippen molar-refractivity contribution in [3.63, 3.8) is 0 Å². The maximum absolute atomic E-state index is 12.6. The van der Waals surface area contributed by atoms with Gasteiger partial charge in [-0.1, -0.05) is 12.1 Å². The number of hydrogen-bond donors (Lipinski definition) is 1. The van der Waals surface area contributed by atoms with Crippen LogP contribution in [0.4, 0.5) is 0 Å². The molecule has 0 saturated carbocycles. The number of piperazine rings is 1. The lowest BCUT2D eigenvalue weighted by atomic mass is 9.98. The molecule has 1 unspecified atom stereocenters. The fraction of sp³-hybridized carbons (Fsp3) is 0.778. The number of nitrogens with one attached hydrogen (secondary N) is 1. The molecule has 0 spiro atoms. The number of rotatable bonds is 6. The van der Waals surface area contributed by atoms with E-state index in [1.807, 2.05) is 0 Å². The summed E-state index contributed by atoms with van der Waals surface area (Å²) in [6, 6.07) is 1.59. The number of guanidine groups is 1. The van der Waals surface area contributed by atoms with Gasteiger partial charge in [0.2, 0.25) is 10.0 Å². The van der Waals surface area contributed by atoms with Crippen LogP contribution in [-0.2, 0) is 15.8 Å². The fourth-order valence-electron chi connectivity index (χ4n) is 3.94. The van der Waals surface area contributed by atoms with E-state index in [-0.39, 0.29) is 29.7 Å². The molecule has 0 aromatic carbocycles. The van der Waals surface area contributed by atoms with Crippen molar-refractivity contribution < 1.29 is 12.9 Å². The first-order valence-electron chi connectivity index (χ1n) is 10.1. The van der Waals surface area contributed by atoms with E-state index in [4.69, 9.17) is 4.52 Å². The average molecular weight is 540 g/mol. The van der Waals surface area contributed by atoms with Gasteiger partial charge in [-0.05, 0) is 31.8 Å². The van der Waals surface area contributed by atoms with E-state index in [2.05, 4.69) is 32.2 Å². The number of likely N-dealkylation sites (tertiary alicyclic amines) is 1. The third-order valence-corrected chi connectivity index (χ3v) is 7.38. The third kappa shape index (κ3) is 6.79. The molecule has 2 saturated heterocycles. The van der Waals surface area contributed by atoms with Gasteiger partial charge in [0.15, 0.2) is 5.96 Å². The summed E-state index contributed by atoms with van der Waals surface area (Å²) in [5, 5.41) is 7.21. The van der Waals surface area contributed by atoms with E-state index < -0.39 is 10.0 Å². The second kappa shape index (κ2) is 11.5. The molecular weight excluding hydrogens is 507 g/mol.